The first-order chi connectivity index (χ1) is 18.1. The molecule has 1 saturated heterocycles. The number of hydrogen-bond acceptors (Lipinski definition) is 7. The summed E-state index contributed by atoms with van der Waals surface area (Å²) in [4.78, 5) is 17.2. The van der Waals surface area contributed by atoms with Crippen LogP contribution in [0.25, 0.3) is 0 Å². The van der Waals surface area contributed by atoms with Gasteiger partial charge in [-0.2, -0.15) is 0 Å². The second-order valence-electron chi connectivity index (χ2n) is 9.29. The van der Waals surface area contributed by atoms with E-state index in [1.165, 1.54) is 0 Å². The molecule has 9 heteroatoms. The largest absolute Gasteiger partial charge is 0.455 e. The van der Waals surface area contributed by atoms with Gasteiger partial charge in [-0.3, -0.25) is 14.6 Å². The van der Waals surface area contributed by atoms with E-state index >= 15 is 0 Å². The number of fused-ring (bicyclic) bond motifs is 1. The Bertz CT molecular complexity index is 1180. The van der Waals surface area contributed by atoms with Crippen LogP contribution in [-0.4, -0.2) is 61.9 Å². The fourth-order valence-corrected chi connectivity index (χ4v) is 4.66. The first-order valence-corrected chi connectivity index (χ1v) is 13.0. The molecule has 3 heterocycles. The average molecular weight is 526 g/mol. The van der Waals surface area contributed by atoms with Gasteiger partial charge in [0.1, 0.15) is 5.76 Å². The topological polar surface area (TPSA) is 76.4 Å². The number of rotatable bonds is 11. The van der Waals surface area contributed by atoms with Crippen molar-refractivity contribution in [2.45, 2.75) is 26.1 Å². The molecule has 0 bridgehead atoms. The zero-order valence-corrected chi connectivity index (χ0v) is 21.5. The minimum absolute atomic E-state index is 0.187. The number of benzene rings is 2. The molecule has 2 aliphatic heterocycles. The van der Waals surface area contributed by atoms with Crippen molar-refractivity contribution in [1.29, 1.82) is 0 Å². The smallest absolute Gasteiger partial charge is 0.286 e. The Balaban J connectivity index is 1.19. The molecule has 0 spiro atoms. The first-order valence-electron chi connectivity index (χ1n) is 12.6. The molecule has 8 nitrogen and oxygen atoms in total. The van der Waals surface area contributed by atoms with Crippen LogP contribution in [0.1, 0.15) is 33.9 Å². The molecule has 196 valence electrons. The summed E-state index contributed by atoms with van der Waals surface area (Å²) in [5, 5.41) is 3.68. The normalized spacial score (nSPS) is 15.3. The van der Waals surface area contributed by atoms with Crippen molar-refractivity contribution in [2.24, 2.45) is 0 Å². The lowest BCUT2D eigenvalue weighted by atomic mass is 10.1. The number of carbonyl (C=O) groups is 1. The predicted octanol–water partition coefficient (Wildman–Crippen LogP) is 4.32. The summed E-state index contributed by atoms with van der Waals surface area (Å²) in [5.41, 5.74) is 2.23. The SMILES string of the molecule is O=C(NCCCN1CCOCC1)c1ccc(CN(Cc2ccc(Cl)cc2)Cc2ccc3c(c2)OCO3)o1. The summed E-state index contributed by atoms with van der Waals surface area (Å²) < 4.78 is 22.3. The summed E-state index contributed by atoms with van der Waals surface area (Å²) >= 11 is 6.08. The molecule has 2 aromatic carbocycles. The Kier molecular flexibility index (Phi) is 8.63. The quantitative estimate of drug-likeness (QED) is 0.374. The summed E-state index contributed by atoms with van der Waals surface area (Å²) in [5.74, 6) is 2.39. The molecule has 0 unspecified atom stereocenters. The maximum atomic E-state index is 12.6. The summed E-state index contributed by atoms with van der Waals surface area (Å²) in [7, 11) is 0. The maximum absolute atomic E-state index is 12.6. The molecule has 5 rings (SSSR count). The Labute approximate surface area is 222 Å². The second-order valence-corrected chi connectivity index (χ2v) is 9.73. The zero-order valence-electron chi connectivity index (χ0n) is 20.8. The first kappa shape index (κ1) is 25.6. The van der Waals surface area contributed by atoms with Gasteiger partial charge in [0, 0.05) is 37.7 Å². The average Bonchev–Trinajstić information content (AvgIpc) is 3.58. The van der Waals surface area contributed by atoms with Crippen LogP contribution in [0.2, 0.25) is 5.02 Å². The van der Waals surface area contributed by atoms with E-state index in [9.17, 15) is 4.79 Å². The molecule has 2 aliphatic rings. The van der Waals surface area contributed by atoms with Gasteiger partial charge >= 0.3 is 0 Å². The van der Waals surface area contributed by atoms with E-state index in [1.54, 1.807) is 6.07 Å². The van der Waals surface area contributed by atoms with Crippen molar-refractivity contribution in [2.75, 3.05) is 46.2 Å². The van der Waals surface area contributed by atoms with E-state index in [0.717, 1.165) is 67.7 Å². The molecule has 37 heavy (non-hydrogen) atoms. The molecule has 1 fully saturated rings. The second kappa shape index (κ2) is 12.5. The van der Waals surface area contributed by atoms with Crippen molar-refractivity contribution >= 4 is 17.5 Å². The van der Waals surface area contributed by atoms with Gasteiger partial charge in [0.05, 0.1) is 19.8 Å². The highest BCUT2D eigenvalue weighted by molar-refractivity contribution is 6.30. The molecule has 3 aromatic rings. The van der Waals surface area contributed by atoms with E-state index < -0.39 is 0 Å². The number of ether oxygens (including phenoxy) is 3. The maximum Gasteiger partial charge on any atom is 0.286 e. The van der Waals surface area contributed by atoms with Crippen LogP contribution in [0.5, 0.6) is 11.5 Å². The lowest BCUT2D eigenvalue weighted by Crippen LogP contribution is -2.38. The monoisotopic (exact) mass is 525 g/mol. The fraction of sp³-hybridized carbons (Fsp3) is 0.393. The van der Waals surface area contributed by atoms with Crippen molar-refractivity contribution < 1.29 is 23.4 Å². The van der Waals surface area contributed by atoms with Gasteiger partial charge in [-0.05, 0) is 60.5 Å². The Morgan fingerprint density at radius 1 is 0.919 bits per heavy atom. The highest BCUT2D eigenvalue weighted by atomic mass is 35.5. The van der Waals surface area contributed by atoms with Crippen LogP contribution in [0, 0.1) is 0 Å². The Morgan fingerprint density at radius 3 is 2.51 bits per heavy atom. The third-order valence-electron chi connectivity index (χ3n) is 6.47. The van der Waals surface area contributed by atoms with E-state index in [2.05, 4.69) is 15.1 Å². The Morgan fingerprint density at radius 2 is 1.68 bits per heavy atom. The van der Waals surface area contributed by atoms with Gasteiger partial charge in [0.15, 0.2) is 17.3 Å². The highest BCUT2D eigenvalue weighted by Crippen LogP contribution is 2.33. The van der Waals surface area contributed by atoms with Crippen molar-refractivity contribution in [3.05, 3.63) is 82.3 Å². The standard InChI is InChI=1S/C28H32ClN3O5/c29-23-5-2-21(3-6-23)17-32(18-22-4-8-25-27(16-22)36-20-35-25)19-24-7-9-26(37-24)28(33)30-10-1-11-31-12-14-34-15-13-31/h2-9,16H,1,10-15,17-20H2,(H,30,33). The number of halogens is 1. The lowest BCUT2D eigenvalue weighted by Gasteiger charge is -2.26. The van der Waals surface area contributed by atoms with Gasteiger partial charge in [-0.1, -0.05) is 29.8 Å². The number of morpholine rings is 1. The number of hydrogen-bond donors (Lipinski definition) is 1. The van der Waals surface area contributed by atoms with Crippen LogP contribution < -0.4 is 14.8 Å². The number of carbonyl (C=O) groups excluding carboxylic acids is 1. The Hall–Kier alpha value is -3.04. The highest BCUT2D eigenvalue weighted by Gasteiger charge is 2.18. The molecule has 0 atom stereocenters. The fourth-order valence-electron chi connectivity index (χ4n) is 4.54. The minimum atomic E-state index is -0.187. The third-order valence-corrected chi connectivity index (χ3v) is 6.72. The van der Waals surface area contributed by atoms with E-state index in [4.69, 9.17) is 30.2 Å². The van der Waals surface area contributed by atoms with Gasteiger partial charge in [-0.25, -0.2) is 0 Å². The van der Waals surface area contributed by atoms with Gasteiger partial charge in [0.25, 0.3) is 5.91 Å². The summed E-state index contributed by atoms with van der Waals surface area (Å²) in [6, 6.07) is 17.4. The molecular formula is C28H32ClN3O5. The number of amides is 1. The third kappa shape index (κ3) is 7.26. The van der Waals surface area contributed by atoms with E-state index in [-0.39, 0.29) is 12.7 Å². The predicted molar refractivity (Wildman–Crippen MR) is 140 cm³/mol. The molecule has 1 amide bonds. The van der Waals surface area contributed by atoms with Crippen LogP contribution in [0.3, 0.4) is 0 Å². The van der Waals surface area contributed by atoms with Gasteiger partial charge in [0.2, 0.25) is 6.79 Å². The molecule has 0 saturated carbocycles. The van der Waals surface area contributed by atoms with Crippen molar-refractivity contribution in [3.8, 4) is 11.5 Å². The van der Waals surface area contributed by atoms with Crippen LogP contribution in [0.15, 0.2) is 59.0 Å². The zero-order chi connectivity index (χ0) is 25.5. The molecule has 1 N–H and O–H groups in total. The lowest BCUT2D eigenvalue weighted by molar-refractivity contribution is 0.0374. The van der Waals surface area contributed by atoms with Crippen LogP contribution in [0.4, 0.5) is 0 Å². The molecule has 1 aromatic heterocycles. The van der Waals surface area contributed by atoms with Gasteiger partial charge in [-0.15, -0.1) is 0 Å². The minimum Gasteiger partial charge on any atom is -0.455 e. The number of nitrogens with one attached hydrogen (secondary N) is 1. The van der Waals surface area contributed by atoms with E-state index in [0.29, 0.717) is 37.0 Å². The molecule has 0 radical (unpaired) electrons. The van der Waals surface area contributed by atoms with Crippen LogP contribution in [-0.2, 0) is 24.4 Å². The van der Waals surface area contributed by atoms with Crippen molar-refractivity contribution in [3.63, 3.8) is 0 Å². The molecule has 0 aliphatic carbocycles. The van der Waals surface area contributed by atoms with Gasteiger partial charge < -0.3 is 23.9 Å². The summed E-state index contributed by atoms with van der Waals surface area (Å²) in [6.07, 6.45) is 0.893. The molecular weight excluding hydrogens is 494 g/mol. The van der Waals surface area contributed by atoms with Crippen LogP contribution >= 0.6 is 11.6 Å². The summed E-state index contributed by atoms with van der Waals surface area (Å²) in [6.45, 7) is 7.18. The number of nitrogens with zero attached hydrogens (tertiary/aromatic N) is 2. The van der Waals surface area contributed by atoms with Crippen molar-refractivity contribution in [1.82, 2.24) is 15.1 Å². The number of furan rings is 1. The van der Waals surface area contributed by atoms with E-state index in [1.807, 2.05) is 48.5 Å².